The van der Waals surface area contributed by atoms with Gasteiger partial charge in [0.25, 0.3) is 0 Å². The van der Waals surface area contributed by atoms with Crippen LogP contribution in [0.1, 0.15) is 110 Å². The van der Waals surface area contributed by atoms with E-state index in [-0.39, 0.29) is 16.2 Å². The van der Waals surface area contributed by atoms with E-state index in [1.54, 1.807) is 0 Å². The van der Waals surface area contributed by atoms with E-state index < -0.39 is 0 Å². The van der Waals surface area contributed by atoms with Crippen LogP contribution in [-0.2, 0) is 16.2 Å². The SMILES string of the molecule is Cc1cc(N(c2ccc(C(C)(C)C)cc2)c2ccc(C(C)(C)C)cc2)cc(N(c2ccc(C(C)(C)C)cc2Br)C2CC3CCC2C3)c1. The zero-order valence-electron chi connectivity index (χ0n) is 30.4. The topological polar surface area (TPSA) is 6.48 Å². The smallest absolute Gasteiger partial charge is 0.0558 e. The number of aryl methyl sites for hydroxylation is 1. The van der Waals surface area contributed by atoms with Crippen molar-refractivity contribution >= 4 is 44.4 Å². The minimum Gasteiger partial charge on any atom is -0.337 e. The van der Waals surface area contributed by atoms with Gasteiger partial charge in [-0.25, -0.2) is 0 Å². The number of fused-ring (bicyclic) bond motifs is 2. The first-order chi connectivity index (χ1) is 22.0. The Morgan fingerprint density at radius 1 is 0.553 bits per heavy atom. The van der Waals surface area contributed by atoms with Gasteiger partial charge in [-0.15, -0.1) is 0 Å². The molecule has 6 rings (SSSR count). The summed E-state index contributed by atoms with van der Waals surface area (Å²) in [5.74, 6) is 1.59. The number of rotatable bonds is 6. The van der Waals surface area contributed by atoms with Gasteiger partial charge in [0, 0.05) is 33.3 Å². The molecule has 0 aliphatic heterocycles. The fraction of sp³-hybridized carbons (Fsp3) is 0.455. The number of benzene rings is 4. The molecule has 3 heteroatoms. The minimum absolute atomic E-state index is 0.0976. The van der Waals surface area contributed by atoms with Crippen molar-refractivity contribution in [2.24, 2.45) is 11.8 Å². The van der Waals surface area contributed by atoms with Crippen LogP contribution in [0.3, 0.4) is 0 Å². The Bertz CT molecular complexity index is 1660. The molecule has 4 aromatic rings. The minimum atomic E-state index is 0.0976. The summed E-state index contributed by atoms with van der Waals surface area (Å²) in [5.41, 5.74) is 11.7. The molecule has 47 heavy (non-hydrogen) atoms. The molecule has 2 nitrogen and oxygen atoms in total. The molecule has 0 aromatic heterocycles. The first-order valence-electron chi connectivity index (χ1n) is 17.7. The fourth-order valence-electron chi connectivity index (χ4n) is 7.88. The fourth-order valence-corrected chi connectivity index (χ4v) is 8.45. The largest absolute Gasteiger partial charge is 0.337 e. The lowest BCUT2D eigenvalue weighted by molar-refractivity contribution is 0.413. The van der Waals surface area contributed by atoms with Crippen molar-refractivity contribution in [2.45, 2.75) is 117 Å². The first kappa shape index (κ1) is 33.8. The highest BCUT2D eigenvalue weighted by atomic mass is 79.9. The third-order valence-corrected chi connectivity index (χ3v) is 11.3. The van der Waals surface area contributed by atoms with Gasteiger partial charge in [-0.05, 0) is 147 Å². The van der Waals surface area contributed by atoms with Gasteiger partial charge >= 0.3 is 0 Å². The highest BCUT2D eigenvalue weighted by Crippen LogP contribution is 2.51. The van der Waals surface area contributed by atoms with E-state index in [1.165, 1.54) is 80.8 Å². The van der Waals surface area contributed by atoms with Crippen molar-refractivity contribution in [3.8, 4) is 0 Å². The molecule has 2 aliphatic rings. The van der Waals surface area contributed by atoms with Crippen LogP contribution in [0.5, 0.6) is 0 Å². The summed E-state index contributed by atoms with van der Waals surface area (Å²) in [5, 5.41) is 0. The zero-order chi connectivity index (χ0) is 33.9. The number of halogens is 1. The Kier molecular flexibility index (Phi) is 8.96. The van der Waals surface area contributed by atoms with Crippen LogP contribution in [0, 0.1) is 18.8 Å². The molecule has 0 amide bonds. The monoisotopic (exact) mass is 690 g/mol. The van der Waals surface area contributed by atoms with Crippen molar-refractivity contribution in [2.75, 3.05) is 9.80 Å². The molecule has 2 fully saturated rings. The summed E-state index contributed by atoms with van der Waals surface area (Å²) >= 11 is 4.07. The van der Waals surface area contributed by atoms with E-state index in [0.29, 0.717) is 6.04 Å². The van der Waals surface area contributed by atoms with E-state index in [2.05, 4.69) is 180 Å². The van der Waals surface area contributed by atoms with E-state index in [4.69, 9.17) is 0 Å². The number of anilines is 5. The molecule has 0 N–H and O–H groups in total. The molecule has 3 atom stereocenters. The Labute approximate surface area is 293 Å². The predicted molar refractivity (Wildman–Crippen MR) is 207 cm³/mol. The van der Waals surface area contributed by atoms with Gasteiger partial charge in [-0.1, -0.05) is 99.1 Å². The summed E-state index contributed by atoms with van der Waals surface area (Å²) in [4.78, 5) is 5.15. The van der Waals surface area contributed by atoms with Crippen LogP contribution in [0.4, 0.5) is 28.4 Å². The molecular weight excluding hydrogens is 636 g/mol. The number of nitrogens with zero attached hydrogens (tertiary/aromatic N) is 2. The van der Waals surface area contributed by atoms with Gasteiger partial charge in [0.2, 0.25) is 0 Å². The molecule has 0 saturated heterocycles. The summed E-state index contributed by atoms with van der Waals surface area (Å²) in [6.07, 6.45) is 5.37. The maximum Gasteiger partial charge on any atom is 0.0558 e. The van der Waals surface area contributed by atoms with Gasteiger partial charge < -0.3 is 9.80 Å². The van der Waals surface area contributed by atoms with Crippen LogP contribution >= 0.6 is 15.9 Å². The van der Waals surface area contributed by atoms with Gasteiger partial charge in [-0.2, -0.15) is 0 Å². The summed E-state index contributed by atoms with van der Waals surface area (Å²) in [6, 6.07) is 33.2. The van der Waals surface area contributed by atoms with Gasteiger partial charge in [0.1, 0.15) is 0 Å². The van der Waals surface area contributed by atoms with Crippen molar-refractivity contribution in [3.05, 3.63) is 112 Å². The Balaban J connectivity index is 1.50. The Morgan fingerprint density at radius 3 is 1.51 bits per heavy atom. The van der Waals surface area contributed by atoms with Crippen LogP contribution in [0.25, 0.3) is 0 Å². The molecule has 0 spiro atoms. The van der Waals surface area contributed by atoms with Crippen molar-refractivity contribution < 1.29 is 0 Å². The molecule has 3 unspecified atom stereocenters. The average Bonchev–Trinajstić information content (AvgIpc) is 3.61. The van der Waals surface area contributed by atoms with Gasteiger partial charge in [0.15, 0.2) is 0 Å². The number of hydrogen-bond donors (Lipinski definition) is 0. The van der Waals surface area contributed by atoms with Crippen molar-refractivity contribution in [3.63, 3.8) is 0 Å². The molecule has 248 valence electrons. The molecule has 0 heterocycles. The highest BCUT2D eigenvalue weighted by molar-refractivity contribution is 9.10. The second-order valence-corrected chi connectivity index (χ2v) is 18.3. The second kappa shape index (κ2) is 12.4. The standard InChI is InChI=1S/C44H55BrN2/c1-29-23-37(46(35-18-13-32(14-19-35)42(2,3)4)36-20-15-33(16-21-36)43(5,6)7)28-38(24-29)47(41-26-30-11-12-31(41)25-30)40-22-17-34(27-39(40)45)44(8,9)10/h13-24,27-28,30-31,41H,11-12,25-26H2,1-10H3. The van der Waals surface area contributed by atoms with Crippen molar-refractivity contribution in [1.29, 1.82) is 0 Å². The van der Waals surface area contributed by atoms with Gasteiger partial charge in [-0.3, -0.25) is 0 Å². The lowest BCUT2D eigenvalue weighted by atomic mass is 9.86. The molecule has 2 aliphatic carbocycles. The summed E-state index contributed by atoms with van der Waals surface area (Å²) < 4.78 is 1.18. The molecule has 4 aromatic carbocycles. The van der Waals surface area contributed by atoms with Crippen LogP contribution in [-0.4, -0.2) is 6.04 Å². The Morgan fingerprint density at radius 2 is 1.06 bits per heavy atom. The van der Waals surface area contributed by atoms with Gasteiger partial charge in [0.05, 0.1) is 5.69 Å². The van der Waals surface area contributed by atoms with Crippen LogP contribution in [0.2, 0.25) is 0 Å². The average molecular weight is 692 g/mol. The lowest BCUT2D eigenvalue weighted by Gasteiger charge is -2.38. The predicted octanol–water partition coefficient (Wildman–Crippen LogP) is 13.4. The zero-order valence-corrected chi connectivity index (χ0v) is 32.0. The van der Waals surface area contributed by atoms with E-state index >= 15 is 0 Å². The quantitative estimate of drug-likeness (QED) is 0.199. The molecule has 2 bridgehead atoms. The molecule has 2 saturated carbocycles. The van der Waals surface area contributed by atoms with Crippen molar-refractivity contribution in [1.82, 2.24) is 0 Å². The summed E-state index contributed by atoms with van der Waals surface area (Å²) in [6.45, 7) is 22.9. The lowest BCUT2D eigenvalue weighted by Crippen LogP contribution is -2.36. The molecular formula is C44H55BrN2. The summed E-state index contributed by atoms with van der Waals surface area (Å²) in [7, 11) is 0. The number of hydrogen-bond acceptors (Lipinski definition) is 2. The third-order valence-electron chi connectivity index (χ3n) is 10.7. The maximum absolute atomic E-state index is 4.07. The molecule has 0 radical (unpaired) electrons. The van der Waals surface area contributed by atoms with E-state index in [9.17, 15) is 0 Å². The normalized spacial score (nSPS) is 19.7. The second-order valence-electron chi connectivity index (χ2n) is 17.5. The Hall–Kier alpha value is -3.04. The first-order valence-corrected chi connectivity index (χ1v) is 18.5. The third kappa shape index (κ3) is 7.07. The van der Waals surface area contributed by atoms with E-state index in [1.807, 2.05) is 0 Å². The highest BCUT2D eigenvalue weighted by Gasteiger charge is 2.43. The van der Waals surface area contributed by atoms with Crippen LogP contribution in [0.15, 0.2) is 89.4 Å². The van der Waals surface area contributed by atoms with Crippen LogP contribution < -0.4 is 9.80 Å². The van der Waals surface area contributed by atoms with E-state index in [0.717, 1.165) is 11.8 Å². The maximum atomic E-state index is 4.07.